The van der Waals surface area contributed by atoms with E-state index >= 15 is 0 Å². The zero-order valence-corrected chi connectivity index (χ0v) is 22.6. The summed E-state index contributed by atoms with van der Waals surface area (Å²) in [7, 11) is 1.88. The first-order valence-corrected chi connectivity index (χ1v) is 13.5. The molecule has 0 amide bonds. The standard InChI is InChI=1S/C29H31F3N6O2/c1-17(35-28(2)8-5-9-28)20-11-23(29(30,31)32)25-33-12-22(27(39)38(25)13-20)18-6-4-7-19(10-18)24(21-14-40-15-21)26-36-34-16-37(26)3/h4,6-7,10-13,16-17,21,24,35H,5,8-9,14-15H2,1-3H3. The van der Waals surface area contributed by atoms with Crippen LogP contribution in [0.3, 0.4) is 0 Å². The van der Waals surface area contributed by atoms with Crippen LogP contribution in [0.2, 0.25) is 0 Å². The van der Waals surface area contributed by atoms with Crippen LogP contribution in [-0.4, -0.2) is 42.9 Å². The van der Waals surface area contributed by atoms with Crippen molar-refractivity contribution in [2.45, 2.75) is 56.8 Å². The molecule has 4 heterocycles. The van der Waals surface area contributed by atoms with Crippen LogP contribution < -0.4 is 10.9 Å². The minimum Gasteiger partial charge on any atom is -0.381 e. The third kappa shape index (κ3) is 4.71. The van der Waals surface area contributed by atoms with Gasteiger partial charge in [0.1, 0.15) is 12.2 Å². The molecule has 1 aliphatic heterocycles. The van der Waals surface area contributed by atoms with Gasteiger partial charge in [-0.3, -0.25) is 9.20 Å². The summed E-state index contributed by atoms with van der Waals surface area (Å²) in [5.41, 5.74) is 0.0790. The van der Waals surface area contributed by atoms with Crippen LogP contribution in [-0.2, 0) is 18.0 Å². The normalized spacial score (nSPS) is 18.8. The van der Waals surface area contributed by atoms with Gasteiger partial charge in [-0.05, 0) is 55.9 Å². The third-order valence-corrected chi connectivity index (χ3v) is 8.37. The number of nitrogens with one attached hydrogen (secondary N) is 1. The van der Waals surface area contributed by atoms with Gasteiger partial charge in [-0.1, -0.05) is 24.3 Å². The fourth-order valence-electron chi connectivity index (χ4n) is 5.86. The number of hydrogen-bond donors (Lipinski definition) is 1. The molecule has 0 spiro atoms. The zero-order valence-electron chi connectivity index (χ0n) is 22.6. The molecule has 1 saturated carbocycles. The molecule has 0 radical (unpaired) electrons. The molecule has 2 atom stereocenters. The fourth-order valence-corrected chi connectivity index (χ4v) is 5.86. The maximum atomic E-state index is 14.2. The van der Waals surface area contributed by atoms with Crippen LogP contribution in [0.25, 0.3) is 16.8 Å². The van der Waals surface area contributed by atoms with E-state index in [0.717, 1.165) is 41.1 Å². The van der Waals surface area contributed by atoms with Gasteiger partial charge in [-0.2, -0.15) is 13.2 Å². The SMILES string of the molecule is CC(NC1(C)CCC1)c1cc(C(F)(F)F)c2ncc(-c3cccc(C(c4nncn4C)C4COC4)c3)c(=O)n2c1. The summed E-state index contributed by atoms with van der Waals surface area (Å²) in [4.78, 5) is 18.0. The first-order valence-electron chi connectivity index (χ1n) is 13.5. The quantitative estimate of drug-likeness (QED) is 0.352. The highest BCUT2D eigenvalue weighted by molar-refractivity contribution is 5.65. The Bertz CT molecular complexity index is 1620. The highest BCUT2D eigenvalue weighted by atomic mass is 19.4. The number of rotatable bonds is 7. The van der Waals surface area contributed by atoms with Gasteiger partial charge in [-0.25, -0.2) is 4.98 Å². The van der Waals surface area contributed by atoms with Crippen LogP contribution in [0.4, 0.5) is 13.2 Å². The van der Waals surface area contributed by atoms with E-state index in [-0.39, 0.29) is 29.0 Å². The Morgan fingerprint density at radius 1 is 1.18 bits per heavy atom. The number of halogens is 3. The molecule has 40 heavy (non-hydrogen) atoms. The highest BCUT2D eigenvalue weighted by Gasteiger charge is 2.37. The summed E-state index contributed by atoms with van der Waals surface area (Å²) in [6.07, 6.45) is 2.70. The van der Waals surface area contributed by atoms with Crippen molar-refractivity contribution in [2.24, 2.45) is 13.0 Å². The molecule has 0 bridgehead atoms. The van der Waals surface area contributed by atoms with Crippen LogP contribution in [0.1, 0.15) is 67.6 Å². The van der Waals surface area contributed by atoms with Crippen LogP contribution in [0.5, 0.6) is 0 Å². The van der Waals surface area contributed by atoms with Crippen molar-refractivity contribution in [2.75, 3.05) is 13.2 Å². The molecule has 8 nitrogen and oxygen atoms in total. The second-order valence-corrected chi connectivity index (χ2v) is 11.3. The first kappa shape index (κ1) is 26.6. The molecule has 4 aromatic rings. The molecule has 2 aliphatic rings. The Morgan fingerprint density at radius 3 is 2.55 bits per heavy atom. The highest BCUT2D eigenvalue weighted by Crippen LogP contribution is 2.38. The molecule has 2 fully saturated rings. The zero-order chi connectivity index (χ0) is 28.2. The Hall–Kier alpha value is -3.57. The monoisotopic (exact) mass is 552 g/mol. The molecule has 210 valence electrons. The lowest BCUT2D eigenvalue weighted by Gasteiger charge is -2.41. The molecule has 6 rings (SSSR count). The van der Waals surface area contributed by atoms with E-state index in [9.17, 15) is 18.0 Å². The topological polar surface area (TPSA) is 86.3 Å². The van der Waals surface area contributed by atoms with Crippen molar-refractivity contribution in [1.29, 1.82) is 0 Å². The summed E-state index contributed by atoms with van der Waals surface area (Å²) in [6, 6.07) is 8.18. The van der Waals surface area contributed by atoms with Gasteiger partial charge in [0.25, 0.3) is 5.56 Å². The molecule has 3 aromatic heterocycles. The predicted molar refractivity (Wildman–Crippen MR) is 143 cm³/mol. The Labute approximate surface area is 229 Å². The molecular formula is C29H31F3N6O2. The van der Waals surface area contributed by atoms with E-state index in [1.54, 1.807) is 12.4 Å². The van der Waals surface area contributed by atoms with Crippen molar-refractivity contribution in [3.63, 3.8) is 0 Å². The van der Waals surface area contributed by atoms with Gasteiger partial charge in [0.15, 0.2) is 5.65 Å². The average molecular weight is 553 g/mol. The molecular weight excluding hydrogens is 521 g/mol. The van der Waals surface area contributed by atoms with Gasteiger partial charge >= 0.3 is 6.18 Å². The van der Waals surface area contributed by atoms with E-state index in [4.69, 9.17) is 4.74 Å². The minimum absolute atomic E-state index is 0.111. The van der Waals surface area contributed by atoms with Gasteiger partial charge in [0.2, 0.25) is 0 Å². The number of aromatic nitrogens is 5. The number of pyridine rings is 1. The first-order chi connectivity index (χ1) is 19.0. The molecule has 2 unspecified atom stereocenters. The van der Waals surface area contributed by atoms with Crippen molar-refractivity contribution >= 4 is 5.65 Å². The van der Waals surface area contributed by atoms with E-state index in [1.807, 2.05) is 36.7 Å². The van der Waals surface area contributed by atoms with Crippen LogP contribution in [0, 0.1) is 5.92 Å². The molecule has 1 N–H and O–H groups in total. The van der Waals surface area contributed by atoms with E-state index in [1.165, 1.54) is 12.4 Å². The summed E-state index contributed by atoms with van der Waals surface area (Å²) < 4.78 is 50.8. The number of ether oxygens (including phenoxy) is 1. The number of alkyl halides is 3. The maximum Gasteiger partial charge on any atom is 0.419 e. The summed E-state index contributed by atoms with van der Waals surface area (Å²) in [5.74, 6) is 0.859. The minimum atomic E-state index is -4.67. The molecule has 1 saturated heterocycles. The third-order valence-electron chi connectivity index (χ3n) is 8.37. The number of nitrogens with zero attached hydrogens (tertiary/aromatic N) is 5. The smallest absolute Gasteiger partial charge is 0.381 e. The van der Waals surface area contributed by atoms with Gasteiger partial charge < -0.3 is 14.6 Å². The number of fused-ring (bicyclic) bond motifs is 1. The Kier molecular flexibility index (Phi) is 6.53. The van der Waals surface area contributed by atoms with Crippen molar-refractivity contribution in [3.8, 4) is 11.1 Å². The van der Waals surface area contributed by atoms with E-state index in [0.29, 0.717) is 24.3 Å². The second-order valence-electron chi connectivity index (χ2n) is 11.3. The maximum absolute atomic E-state index is 14.2. The van der Waals surface area contributed by atoms with E-state index in [2.05, 4.69) is 27.4 Å². The predicted octanol–water partition coefficient (Wildman–Crippen LogP) is 4.88. The number of aryl methyl sites for hydroxylation is 1. The van der Waals surface area contributed by atoms with Crippen molar-refractivity contribution < 1.29 is 17.9 Å². The van der Waals surface area contributed by atoms with Crippen molar-refractivity contribution in [1.82, 2.24) is 29.5 Å². The average Bonchev–Trinajstić information content (AvgIpc) is 3.29. The van der Waals surface area contributed by atoms with Gasteiger partial charge in [0.05, 0.1) is 30.3 Å². The van der Waals surface area contributed by atoms with Gasteiger partial charge in [0, 0.05) is 36.9 Å². The number of benzene rings is 1. The lowest BCUT2D eigenvalue weighted by atomic mass is 9.78. The van der Waals surface area contributed by atoms with Gasteiger partial charge in [-0.15, -0.1) is 10.2 Å². The molecule has 1 aromatic carbocycles. The van der Waals surface area contributed by atoms with Crippen molar-refractivity contribution in [3.05, 3.63) is 81.9 Å². The van der Waals surface area contributed by atoms with E-state index < -0.39 is 22.9 Å². The second kappa shape index (κ2) is 9.81. The Balaban J connectivity index is 1.45. The summed E-state index contributed by atoms with van der Waals surface area (Å²) in [5, 5.41) is 11.8. The largest absolute Gasteiger partial charge is 0.419 e. The summed E-state index contributed by atoms with van der Waals surface area (Å²) in [6.45, 7) is 5.06. The van der Waals surface area contributed by atoms with Crippen LogP contribution in [0.15, 0.2) is 53.8 Å². The molecule has 1 aliphatic carbocycles. The lowest BCUT2D eigenvalue weighted by Crippen LogP contribution is -2.49. The Morgan fingerprint density at radius 2 is 1.95 bits per heavy atom. The lowest BCUT2D eigenvalue weighted by molar-refractivity contribution is -0.136. The molecule has 11 heteroatoms. The summed E-state index contributed by atoms with van der Waals surface area (Å²) >= 11 is 0. The van der Waals surface area contributed by atoms with Crippen LogP contribution >= 0.6 is 0 Å². The number of hydrogen-bond acceptors (Lipinski definition) is 6. The fraction of sp³-hybridized carbons (Fsp3) is 0.448.